The van der Waals surface area contributed by atoms with Crippen LogP contribution in [0.4, 0.5) is 0 Å². The zero-order chi connectivity index (χ0) is 15.2. The molecule has 1 aromatic rings. The molecule has 0 N–H and O–H groups in total. The molecule has 0 fully saturated rings. The second kappa shape index (κ2) is 12.8. The lowest BCUT2D eigenvalue weighted by Gasteiger charge is -2.03. The van der Waals surface area contributed by atoms with Gasteiger partial charge in [-0.15, -0.1) is 18.2 Å². The van der Waals surface area contributed by atoms with Crippen molar-refractivity contribution < 1.29 is 0 Å². The Hall–Kier alpha value is -0.870. The fourth-order valence-electron chi connectivity index (χ4n) is 2.43. The summed E-state index contributed by atoms with van der Waals surface area (Å²) in [4.78, 5) is 1.34. The Bertz CT molecular complexity index is 385. The molecule has 0 nitrogen and oxygen atoms in total. The molecule has 0 saturated heterocycles. The second-order valence-electron chi connectivity index (χ2n) is 5.70. The van der Waals surface area contributed by atoms with Crippen LogP contribution in [0.1, 0.15) is 76.7 Å². The molecule has 0 unspecified atom stereocenters. The first kappa shape index (κ1) is 18.2. The Labute approximate surface area is 136 Å². The lowest BCUT2D eigenvalue weighted by atomic mass is 10.1. The van der Waals surface area contributed by atoms with Crippen molar-refractivity contribution >= 4 is 11.8 Å². The molecular formula is C20H30S. The second-order valence-corrected chi connectivity index (χ2v) is 6.87. The molecule has 0 aliphatic heterocycles. The predicted molar refractivity (Wildman–Crippen MR) is 96.9 cm³/mol. The van der Waals surface area contributed by atoms with Crippen LogP contribution in [-0.2, 0) is 0 Å². The highest BCUT2D eigenvalue weighted by atomic mass is 32.2. The van der Waals surface area contributed by atoms with Gasteiger partial charge in [-0.05, 0) is 36.4 Å². The summed E-state index contributed by atoms with van der Waals surface area (Å²) in [6.45, 7) is 2.28. The SMILES string of the molecule is C#Cc1ccc(SCCCCCCCCCCCC)cc1. The van der Waals surface area contributed by atoms with Crippen molar-refractivity contribution in [2.24, 2.45) is 0 Å². The fraction of sp³-hybridized carbons (Fsp3) is 0.600. The van der Waals surface area contributed by atoms with Crippen molar-refractivity contribution in [1.29, 1.82) is 0 Å². The molecule has 1 rings (SSSR count). The van der Waals surface area contributed by atoms with E-state index in [2.05, 4.69) is 25.0 Å². The van der Waals surface area contributed by atoms with E-state index in [4.69, 9.17) is 6.42 Å². The van der Waals surface area contributed by atoms with Crippen LogP contribution in [0.3, 0.4) is 0 Å². The van der Waals surface area contributed by atoms with Crippen LogP contribution in [0.5, 0.6) is 0 Å². The van der Waals surface area contributed by atoms with Gasteiger partial charge in [0.15, 0.2) is 0 Å². The highest BCUT2D eigenvalue weighted by Crippen LogP contribution is 2.20. The number of hydrogen-bond acceptors (Lipinski definition) is 1. The number of thioether (sulfide) groups is 1. The highest BCUT2D eigenvalue weighted by molar-refractivity contribution is 7.99. The van der Waals surface area contributed by atoms with Gasteiger partial charge in [0.05, 0.1) is 0 Å². The Morgan fingerprint density at radius 2 is 1.33 bits per heavy atom. The van der Waals surface area contributed by atoms with E-state index in [0.717, 1.165) is 5.56 Å². The molecule has 0 radical (unpaired) electrons. The summed E-state index contributed by atoms with van der Waals surface area (Å²) in [6, 6.07) is 8.33. The van der Waals surface area contributed by atoms with Crippen molar-refractivity contribution in [3.8, 4) is 12.3 Å². The van der Waals surface area contributed by atoms with Gasteiger partial charge in [0.25, 0.3) is 0 Å². The van der Waals surface area contributed by atoms with Gasteiger partial charge in [0.2, 0.25) is 0 Å². The molecule has 0 aliphatic rings. The largest absolute Gasteiger partial charge is 0.126 e. The van der Waals surface area contributed by atoms with Gasteiger partial charge in [-0.25, -0.2) is 0 Å². The minimum absolute atomic E-state index is 0.971. The van der Waals surface area contributed by atoms with Crippen molar-refractivity contribution in [2.45, 2.75) is 76.0 Å². The minimum Gasteiger partial charge on any atom is -0.126 e. The van der Waals surface area contributed by atoms with Crippen molar-refractivity contribution in [3.05, 3.63) is 29.8 Å². The third-order valence-corrected chi connectivity index (χ3v) is 4.89. The van der Waals surface area contributed by atoms with Crippen LogP contribution >= 0.6 is 11.8 Å². The van der Waals surface area contributed by atoms with Gasteiger partial charge in [0, 0.05) is 10.5 Å². The maximum absolute atomic E-state index is 5.36. The predicted octanol–water partition coefficient (Wildman–Crippen LogP) is 6.68. The number of hydrogen-bond donors (Lipinski definition) is 0. The van der Waals surface area contributed by atoms with Gasteiger partial charge in [-0.2, -0.15) is 0 Å². The highest BCUT2D eigenvalue weighted by Gasteiger charge is 1.96. The van der Waals surface area contributed by atoms with Crippen molar-refractivity contribution in [3.63, 3.8) is 0 Å². The van der Waals surface area contributed by atoms with Gasteiger partial charge in [-0.1, -0.05) is 70.6 Å². The van der Waals surface area contributed by atoms with E-state index in [-0.39, 0.29) is 0 Å². The Kier molecular flexibility index (Phi) is 11.1. The summed E-state index contributed by atoms with van der Waals surface area (Å²) in [6.07, 6.45) is 19.4. The maximum Gasteiger partial charge on any atom is 0.0243 e. The summed E-state index contributed by atoms with van der Waals surface area (Å²) in [5.74, 6) is 3.88. The van der Waals surface area contributed by atoms with E-state index < -0.39 is 0 Å². The molecular weight excluding hydrogens is 272 g/mol. The molecule has 21 heavy (non-hydrogen) atoms. The molecule has 0 saturated carbocycles. The van der Waals surface area contributed by atoms with Gasteiger partial charge < -0.3 is 0 Å². The smallest absolute Gasteiger partial charge is 0.0243 e. The van der Waals surface area contributed by atoms with Crippen LogP contribution in [-0.4, -0.2) is 5.75 Å². The summed E-state index contributed by atoms with van der Waals surface area (Å²) in [7, 11) is 0. The lowest BCUT2D eigenvalue weighted by molar-refractivity contribution is 0.563. The topological polar surface area (TPSA) is 0 Å². The van der Waals surface area contributed by atoms with E-state index >= 15 is 0 Å². The van der Waals surface area contributed by atoms with Gasteiger partial charge >= 0.3 is 0 Å². The normalized spacial score (nSPS) is 10.5. The van der Waals surface area contributed by atoms with E-state index in [9.17, 15) is 0 Å². The zero-order valence-corrected chi connectivity index (χ0v) is 14.4. The standard InChI is InChI=1S/C20H30S/c1-3-5-6-7-8-9-10-11-12-13-18-21-20-16-14-19(4-2)15-17-20/h2,14-17H,3,5-13,18H2,1H3. The van der Waals surface area contributed by atoms with Gasteiger partial charge in [0.1, 0.15) is 0 Å². The molecule has 0 aliphatic carbocycles. The first-order chi connectivity index (χ1) is 10.4. The first-order valence-corrected chi connectivity index (χ1v) is 9.55. The summed E-state index contributed by atoms with van der Waals surface area (Å²) >= 11 is 1.95. The minimum atomic E-state index is 0.971. The van der Waals surface area contributed by atoms with Crippen LogP contribution < -0.4 is 0 Å². The monoisotopic (exact) mass is 302 g/mol. The molecule has 1 aromatic carbocycles. The van der Waals surface area contributed by atoms with Crippen LogP contribution in [0.15, 0.2) is 29.2 Å². The first-order valence-electron chi connectivity index (χ1n) is 8.56. The fourth-order valence-corrected chi connectivity index (χ4v) is 3.34. The van der Waals surface area contributed by atoms with Crippen LogP contribution in [0.2, 0.25) is 0 Å². The lowest BCUT2D eigenvalue weighted by Crippen LogP contribution is -1.84. The van der Waals surface area contributed by atoms with E-state index in [1.807, 2.05) is 23.9 Å². The quantitative estimate of drug-likeness (QED) is 0.236. The number of terminal acetylenes is 1. The van der Waals surface area contributed by atoms with Crippen molar-refractivity contribution in [2.75, 3.05) is 5.75 Å². The van der Waals surface area contributed by atoms with Gasteiger partial charge in [-0.3, -0.25) is 0 Å². The van der Waals surface area contributed by atoms with E-state index in [1.165, 1.54) is 74.9 Å². The third-order valence-electron chi connectivity index (χ3n) is 3.79. The zero-order valence-electron chi connectivity index (χ0n) is 13.6. The number of benzene rings is 1. The van der Waals surface area contributed by atoms with Crippen molar-refractivity contribution in [1.82, 2.24) is 0 Å². The Balaban J connectivity index is 1.89. The average Bonchev–Trinajstić information content (AvgIpc) is 2.53. The summed E-state index contributed by atoms with van der Waals surface area (Å²) < 4.78 is 0. The molecule has 0 spiro atoms. The molecule has 0 heterocycles. The molecule has 0 amide bonds. The number of unbranched alkanes of at least 4 members (excludes halogenated alkanes) is 9. The third kappa shape index (κ3) is 9.64. The average molecular weight is 303 g/mol. The molecule has 0 atom stereocenters. The Morgan fingerprint density at radius 3 is 1.86 bits per heavy atom. The van der Waals surface area contributed by atoms with Crippen LogP contribution in [0.25, 0.3) is 0 Å². The molecule has 1 heteroatoms. The molecule has 116 valence electrons. The van der Waals surface area contributed by atoms with E-state index in [0.29, 0.717) is 0 Å². The molecule has 0 aromatic heterocycles. The van der Waals surface area contributed by atoms with Crippen LogP contribution in [0, 0.1) is 12.3 Å². The maximum atomic E-state index is 5.36. The Morgan fingerprint density at radius 1 is 0.810 bits per heavy atom. The summed E-state index contributed by atoms with van der Waals surface area (Å²) in [5, 5.41) is 0. The number of rotatable bonds is 12. The molecule has 0 bridgehead atoms. The van der Waals surface area contributed by atoms with E-state index in [1.54, 1.807) is 0 Å². The summed E-state index contributed by atoms with van der Waals surface area (Å²) in [5.41, 5.74) is 0.971.